The number of benzene rings is 3. The fourth-order valence-electron chi connectivity index (χ4n) is 3.46. The Morgan fingerprint density at radius 2 is 1.29 bits per heavy atom. The number of allylic oxidation sites excluding steroid dienone is 2. The molecule has 0 radical (unpaired) electrons. The largest absolute Gasteiger partial charge is 0.573 e. The zero-order chi connectivity index (χ0) is 31.1. The highest BCUT2D eigenvalue weighted by molar-refractivity contribution is 8.00. The zero-order valence-electron chi connectivity index (χ0n) is 21.1. The number of ether oxygens (including phenoxy) is 1. The molecule has 0 atom stereocenters. The topological polar surface area (TPSA) is 110 Å². The molecule has 0 bridgehead atoms. The van der Waals surface area contributed by atoms with E-state index < -0.39 is 41.1 Å². The lowest BCUT2D eigenvalue weighted by Crippen LogP contribution is -2.26. The highest BCUT2D eigenvalue weighted by Crippen LogP contribution is 2.37. The molecule has 3 aromatic rings. The Morgan fingerprint density at radius 3 is 1.81 bits per heavy atom. The highest BCUT2D eigenvalue weighted by Gasteiger charge is 2.31. The molecule has 0 aliphatic carbocycles. The molecule has 0 saturated heterocycles. The molecule has 14 heteroatoms. The predicted molar refractivity (Wildman–Crippen MR) is 139 cm³/mol. The number of amides is 1. The maximum Gasteiger partial charge on any atom is 0.573 e. The molecule has 3 aromatic carbocycles. The number of nitrogens with one attached hydrogen (secondary N) is 1. The van der Waals surface area contributed by atoms with Crippen LogP contribution in [0.15, 0.2) is 83.8 Å². The smallest absolute Gasteiger partial charge is 0.481 e. The van der Waals surface area contributed by atoms with Gasteiger partial charge in [-0.1, -0.05) is 24.3 Å². The second-order valence-corrected chi connectivity index (χ2v) is 9.51. The van der Waals surface area contributed by atoms with Crippen LogP contribution in [0, 0.1) is 0 Å². The number of carboxylic acid groups (broad SMARTS) is 1. The SMILES string of the molecule is O=C(O)CCNC(=O)c1ccc(C(=O)/C(=C/C(=O)c2ccc(SC(F)(F)F)cc2)c2ccc(OC(F)(F)F)cc2)cc1. The molecule has 7 nitrogen and oxygen atoms in total. The maximum absolute atomic E-state index is 13.4. The van der Waals surface area contributed by atoms with E-state index in [9.17, 15) is 45.5 Å². The summed E-state index contributed by atoms with van der Waals surface area (Å²) in [5.74, 6) is -3.82. The third-order valence-corrected chi connectivity index (χ3v) is 6.06. The first-order valence-corrected chi connectivity index (χ1v) is 12.6. The average Bonchev–Trinajstić information content (AvgIpc) is 2.90. The predicted octanol–water partition coefficient (Wildman–Crippen LogP) is 6.55. The number of alkyl halides is 6. The summed E-state index contributed by atoms with van der Waals surface area (Å²) in [5, 5.41) is 11.1. The number of hydrogen-bond acceptors (Lipinski definition) is 6. The lowest BCUT2D eigenvalue weighted by atomic mass is 9.94. The minimum atomic E-state index is -4.97. The van der Waals surface area contributed by atoms with E-state index in [2.05, 4.69) is 10.1 Å². The molecule has 1 amide bonds. The quantitative estimate of drug-likeness (QED) is 0.110. The highest BCUT2D eigenvalue weighted by atomic mass is 32.2. The van der Waals surface area contributed by atoms with Crippen molar-refractivity contribution >= 4 is 40.8 Å². The lowest BCUT2D eigenvalue weighted by Gasteiger charge is -2.12. The molecule has 0 heterocycles. The van der Waals surface area contributed by atoms with Crippen LogP contribution in [0.2, 0.25) is 0 Å². The van der Waals surface area contributed by atoms with Crippen LogP contribution in [0.5, 0.6) is 5.75 Å². The van der Waals surface area contributed by atoms with Crippen molar-refractivity contribution in [3.05, 3.63) is 101 Å². The van der Waals surface area contributed by atoms with Crippen LogP contribution in [-0.2, 0) is 4.79 Å². The fourth-order valence-corrected chi connectivity index (χ4v) is 4.00. The number of Topliss-reactive ketones (excluding diaryl/α,β-unsaturated/α-hetero) is 1. The van der Waals surface area contributed by atoms with Gasteiger partial charge in [-0.25, -0.2) is 0 Å². The van der Waals surface area contributed by atoms with Gasteiger partial charge >= 0.3 is 17.8 Å². The van der Waals surface area contributed by atoms with Crippen molar-refractivity contribution in [2.45, 2.75) is 23.2 Å². The van der Waals surface area contributed by atoms with Crippen LogP contribution in [0.3, 0.4) is 0 Å². The molecule has 2 N–H and O–H groups in total. The first kappa shape index (κ1) is 31.9. The molecule has 0 saturated carbocycles. The number of thioether (sulfide) groups is 1. The van der Waals surface area contributed by atoms with Gasteiger partial charge in [-0.05, 0) is 71.9 Å². The van der Waals surface area contributed by atoms with Crippen molar-refractivity contribution in [2.75, 3.05) is 6.54 Å². The molecule has 0 fully saturated rings. The van der Waals surface area contributed by atoms with E-state index in [4.69, 9.17) is 5.11 Å². The van der Waals surface area contributed by atoms with Crippen LogP contribution in [0.1, 0.15) is 43.1 Å². The normalized spacial score (nSPS) is 12.0. The summed E-state index contributed by atoms with van der Waals surface area (Å²) in [6, 6.07) is 13.6. The third-order valence-electron chi connectivity index (χ3n) is 5.33. The molecule has 0 aliphatic heterocycles. The van der Waals surface area contributed by atoms with Crippen LogP contribution in [-0.4, -0.2) is 47.0 Å². The van der Waals surface area contributed by atoms with Gasteiger partial charge in [0.25, 0.3) is 5.91 Å². The number of ketones is 2. The van der Waals surface area contributed by atoms with E-state index in [1.807, 2.05) is 0 Å². The Labute approximate surface area is 238 Å². The Hall–Kier alpha value is -4.59. The van der Waals surface area contributed by atoms with Gasteiger partial charge in [-0.2, -0.15) is 13.2 Å². The van der Waals surface area contributed by atoms with Gasteiger partial charge in [0.05, 0.1) is 6.42 Å². The number of halogens is 6. The van der Waals surface area contributed by atoms with E-state index in [1.54, 1.807) is 0 Å². The van der Waals surface area contributed by atoms with E-state index >= 15 is 0 Å². The number of rotatable bonds is 11. The molecule has 0 spiro atoms. The van der Waals surface area contributed by atoms with Crippen LogP contribution in [0.4, 0.5) is 26.3 Å². The van der Waals surface area contributed by atoms with Gasteiger partial charge in [0.2, 0.25) is 0 Å². The second kappa shape index (κ2) is 13.4. The van der Waals surface area contributed by atoms with Gasteiger partial charge in [0, 0.05) is 33.7 Å². The molecule has 42 heavy (non-hydrogen) atoms. The summed E-state index contributed by atoms with van der Waals surface area (Å²) in [6.07, 6.45) is -4.37. The molecule has 0 aromatic heterocycles. The summed E-state index contributed by atoms with van der Waals surface area (Å²) >= 11 is -0.380. The summed E-state index contributed by atoms with van der Waals surface area (Å²) in [6.45, 7) is -0.131. The molecule has 3 rings (SSSR count). The molecule has 220 valence electrons. The maximum atomic E-state index is 13.4. The summed E-state index contributed by atoms with van der Waals surface area (Å²) in [4.78, 5) is 49.1. The Bertz CT molecular complexity index is 1480. The van der Waals surface area contributed by atoms with Gasteiger partial charge in [-0.3, -0.25) is 19.2 Å². The average molecular weight is 612 g/mol. The number of carbonyl (C=O) groups is 4. The zero-order valence-corrected chi connectivity index (χ0v) is 21.9. The summed E-state index contributed by atoms with van der Waals surface area (Å²) in [7, 11) is 0. The van der Waals surface area contributed by atoms with Crippen LogP contribution >= 0.6 is 11.8 Å². The summed E-state index contributed by atoms with van der Waals surface area (Å²) in [5.41, 5.74) is -4.74. The monoisotopic (exact) mass is 611 g/mol. The molecule has 0 unspecified atom stereocenters. The minimum Gasteiger partial charge on any atom is -0.481 e. The molecule has 0 aliphatic rings. The van der Waals surface area contributed by atoms with Crippen molar-refractivity contribution in [3.63, 3.8) is 0 Å². The van der Waals surface area contributed by atoms with E-state index in [0.29, 0.717) is 0 Å². The first-order chi connectivity index (χ1) is 19.6. The number of aliphatic carboxylic acids is 1. The van der Waals surface area contributed by atoms with Gasteiger partial charge in [0.1, 0.15) is 5.75 Å². The number of carboxylic acids is 1. The van der Waals surface area contributed by atoms with Crippen molar-refractivity contribution in [2.24, 2.45) is 0 Å². The lowest BCUT2D eigenvalue weighted by molar-refractivity contribution is -0.274. The van der Waals surface area contributed by atoms with E-state index in [1.165, 1.54) is 24.3 Å². The Morgan fingerprint density at radius 1 is 0.762 bits per heavy atom. The molecular formula is C28H19F6NO6S. The van der Waals surface area contributed by atoms with Gasteiger partial charge < -0.3 is 15.2 Å². The standard InChI is InChI=1S/C28H19F6NO6S/c29-27(30,31)41-20-9-5-16(6-10-20)22(15-23(36)17-7-11-21(12-8-17)42-28(32,33)34)25(39)18-1-3-19(4-2-18)26(40)35-14-13-24(37)38/h1-12,15H,13-14H2,(H,35,40)(H,37,38)/b22-15+. The number of carbonyl (C=O) groups excluding carboxylic acids is 3. The van der Waals surface area contributed by atoms with Crippen LogP contribution < -0.4 is 10.1 Å². The Balaban J connectivity index is 1.92. The summed E-state index contributed by atoms with van der Waals surface area (Å²) < 4.78 is 79.4. The van der Waals surface area contributed by atoms with Crippen molar-refractivity contribution in [1.82, 2.24) is 5.32 Å². The van der Waals surface area contributed by atoms with Crippen LogP contribution in [0.25, 0.3) is 5.57 Å². The van der Waals surface area contributed by atoms with E-state index in [0.717, 1.165) is 54.6 Å². The van der Waals surface area contributed by atoms with E-state index in [-0.39, 0.29) is 57.4 Å². The molecular weight excluding hydrogens is 592 g/mol. The fraction of sp³-hybridized carbons (Fsp3) is 0.143. The number of hydrogen-bond donors (Lipinski definition) is 2. The van der Waals surface area contributed by atoms with Gasteiger partial charge in [0.15, 0.2) is 11.6 Å². The third kappa shape index (κ3) is 9.80. The minimum absolute atomic E-state index is 0.0105. The Kier molecular flexibility index (Phi) is 10.2. The van der Waals surface area contributed by atoms with Crippen molar-refractivity contribution in [3.8, 4) is 5.75 Å². The van der Waals surface area contributed by atoms with Crippen molar-refractivity contribution in [1.29, 1.82) is 0 Å². The van der Waals surface area contributed by atoms with Gasteiger partial charge in [-0.15, -0.1) is 13.2 Å². The van der Waals surface area contributed by atoms with Crippen molar-refractivity contribution < 1.29 is 55.4 Å². The second-order valence-electron chi connectivity index (χ2n) is 8.37. The first-order valence-electron chi connectivity index (χ1n) is 11.7.